The quantitative estimate of drug-likeness (QED) is 0.154. The average molecular weight is 714 g/mol. The molecule has 5 heterocycles. The molecule has 5 aromatic rings. The lowest BCUT2D eigenvalue weighted by molar-refractivity contribution is 0.469. The van der Waals surface area contributed by atoms with Gasteiger partial charge in [-0.05, 0) is 53.1 Å². The zero-order chi connectivity index (χ0) is 40.5. The highest BCUT2D eigenvalue weighted by Gasteiger charge is 2.14. The minimum Gasteiger partial charge on any atom is -0.265 e. The molecule has 288 valence electrons. The van der Waals surface area contributed by atoms with Gasteiger partial charge in [0.15, 0.2) is 0 Å². The Morgan fingerprint density at radius 1 is 0.385 bits per heavy atom. The third-order valence-corrected chi connectivity index (χ3v) is 4.21. The van der Waals surface area contributed by atoms with Crippen molar-refractivity contribution in [2.24, 2.45) is 16.7 Å². The smallest absolute Gasteiger partial charge is 0.115 e. The molecule has 0 saturated heterocycles. The molecule has 0 amide bonds. The highest BCUT2D eigenvalue weighted by atomic mass is 15.1. The van der Waals surface area contributed by atoms with Crippen molar-refractivity contribution >= 4 is 0 Å². The third-order valence-electron chi connectivity index (χ3n) is 4.21. The van der Waals surface area contributed by atoms with E-state index in [0.29, 0.717) is 10.8 Å². The van der Waals surface area contributed by atoms with Crippen LogP contribution in [0, 0.1) is 16.7 Å². The van der Waals surface area contributed by atoms with Gasteiger partial charge >= 0.3 is 0 Å². The van der Waals surface area contributed by atoms with Gasteiger partial charge < -0.3 is 0 Å². The second-order valence-corrected chi connectivity index (χ2v) is 17.3. The van der Waals surface area contributed by atoms with Crippen molar-refractivity contribution in [1.82, 2.24) is 45.1 Å². The molecule has 0 radical (unpaired) electrons. The molecule has 52 heavy (non-hydrogen) atoms. The Hall–Kier alpha value is -4.53. The van der Waals surface area contributed by atoms with E-state index in [2.05, 4.69) is 163 Å². The minimum absolute atomic E-state index is 0.119. The van der Waals surface area contributed by atoms with Crippen molar-refractivity contribution in [3.05, 3.63) is 128 Å². The van der Waals surface area contributed by atoms with Gasteiger partial charge in [-0.25, -0.2) is 19.9 Å². The fourth-order valence-electron chi connectivity index (χ4n) is 2.24. The predicted octanol–water partition coefficient (Wildman–Crippen LogP) is 11.4. The number of hydrogen-bond acceptors (Lipinski definition) is 9. The molecular formula is C43H71N9. The summed E-state index contributed by atoms with van der Waals surface area (Å²) in [5.74, 6) is 0.833. The number of nitrogens with zero attached hydrogens (tertiary/aromatic N) is 9. The van der Waals surface area contributed by atoms with Crippen LogP contribution in [0.1, 0.15) is 129 Å². The first kappa shape index (κ1) is 51.8. The van der Waals surface area contributed by atoms with Crippen molar-refractivity contribution < 1.29 is 0 Å². The molecule has 0 aliphatic heterocycles. The first-order valence-corrected chi connectivity index (χ1v) is 17.7. The van der Waals surface area contributed by atoms with Crippen LogP contribution in [-0.4, -0.2) is 45.1 Å². The van der Waals surface area contributed by atoms with Crippen LogP contribution in [0.25, 0.3) is 0 Å². The van der Waals surface area contributed by atoms with E-state index in [-0.39, 0.29) is 10.8 Å². The minimum atomic E-state index is 0.119. The fourth-order valence-corrected chi connectivity index (χ4v) is 2.24. The van der Waals surface area contributed by atoms with E-state index in [1.165, 1.54) is 6.33 Å². The van der Waals surface area contributed by atoms with E-state index in [0.717, 1.165) is 17.3 Å². The molecule has 0 atom stereocenters. The molecule has 5 rings (SSSR count). The second-order valence-electron chi connectivity index (χ2n) is 17.3. The molecule has 0 fully saturated rings. The van der Waals surface area contributed by atoms with E-state index in [4.69, 9.17) is 0 Å². The topological polar surface area (TPSA) is 116 Å². The largest absolute Gasteiger partial charge is 0.265 e. The molecule has 0 saturated carbocycles. The molecule has 0 aliphatic carbocycles. The molecule has 5 aromatic heterocycles. The van der Waals surface area contributed by atoms with Crippen molar-refractivity contribution in [1.29, 1.82) is 0 Å². The van der Waals surface area contributed by atoms with E-state index >= 15 is 0 Å². The van der Waals surface area contributed by atoms with Crippen LogP contribution in [0.15, 0.2) is 117 Å². The molecule has 9 heteroatoms. The van der Waals surface area contributed by atoms with Gasteiger partial charge in [0.25, 0.3) is 0 Å². The summed E-state index contributed by atoms with van der Waals surface area (Å²) in [7, 11) is 0. The fraction of sp³-hybridized carbons (Fsp3) is 0.512. The maximum atomic E-state index is 4.19. The van der Waals surface area contributed by atoms with Crippen LogP contribution in [-0.2, 0) is 10.8 Å². The average Bonchev–Trinajstić information content (AvgIpc) is 3.07. The number of pyridine rings is 1. The van der Waals surface area contributed by atoms with Gasteiger partial charge in [-0.1, -0.05) is 124 Å². The zero-order valence-electron chi connectivity index (χ0n) is 35.6. The number of aromatic nitrogens is 9. The third kappa shape index (κ3) is 52.3. The van der Waals surface area contributed by atoms with Crippen LogP contribution < -0.4 is 0 Å². The van der Waals surface area contributed by atoms with Crippen molar-refractivity contribution in [3.63, 3.8) is 0 Å². The van der Waals surface area contributed by atoms with Crippen LogP contribution in [0.4, 0.5) is 0 Å². The SMILES string of the molecule is CC(C)(C)C.CC(C)(C)C.CC(C)(C)c1ccncn1.CC(C)(C)c1cnccn1.CC(C)C.c1ccncc1.c1ccnnc1.c1cncnc1. The summed E-state index contributed by atoms with van der Waals surface area (Å²) in [4.78, 5) is 27.3. The van der Waals surface area contributed by atoms with Crippen LogP contribution in [0.2, 0.25) is 0 Å². The van der Waals surface area contributed by atoms with Gasteiger partial charge in [0.1, 0.15) is 12.7 Å². The summed E-state index contributed by atoms with van der Waals surface area (Å²) in [6.07, 6.45) is 20.2. The Morgan fingerprint density at radius 2 is 0.788 bits per heavy atom. The van der Waals surface area contributed by atoms with Gasteiger partial charge in [0, 0.05) is 78.5 Å². The summed E-state index contributed by atoms with van der Waals surface area (Å²) in [6, 6.07) is 13.1. The normalized spacial score (nSPS) is 10.2. The van der Waals surface area contributed by atoms with Crippen LogP contribution in [0.3, 0.4) is 0 Å². The first-order valence-electron chi connectivity index (χ1n) is 17.7. The molecule has 9 nitrogen and oxygen atoms in total. The summed E-state index contributed by atoms with van der Waals surface area (Å²) in [5.41, 5.74) is 3.38. The molecule has 0 aliphatic rings. The second kappa shape index (κ2) is 30.1. The Balaban J connectivity index is -0.000000539. The summed E-state index contributed by atoms with van der Waals surface area (Å²) < 4.78 is 0. The van der Waals surface area contributed by atoms with Gasteiger partial charge in [-0.3, -0.25) is 15.0 Å². The Bertz CT molecular complexity index is 1150. The molecule has 0 N–H and O–H groups in total. The highest BCUT2D eigenvalue weighted by molar-refractivity contribution is 5.09. The van der Waals surface area contributed by atoms with E-state index in [1.54, 1.807) is 74.4 Å². The lowest BCUT2D eigenvalue weighted by Crippen LogP contribution is -2.13. The zero-order valence-corrected chi connectivity index (χ0v) is 35.6. The van der Waals surface area contributed by atoms with E-state index in [1.807, 2.05) is 36.4 Å². The predicted molar refractivity (Wildman–Crippen MR) is 221 cm³/mol. The van der Waals surface area contributed by atoms with E-state index in [9.17, 15) is 0 Å². The number of rotatable bonds is 0. The van der Waals surface area contributed by atoms with Crippen molar-refractivity contribution in [3.8, 4) is 0 Å². The Kier molecular flexibility index (Phi) is 30.0. The standard InChI is InChI=1S/2C8H12N2.C5H5N.2C5H12.2C4H4N2.C4H10/c1-8(2,3)7-6-9-4-5-10-7;1-8(2,3)7-4-5-9-6-10-7;1-2-4-6-5-3-1;2*1-5(2,3)4;1-2-5-4-6-3-1;1-2-4-6-5-3-1;1-4(2)3/h2*4-6H,1-3H3;1-5H;2*1-4H3;2*1-4H;4H,1-3H3. The number of hydrogen-bond donors (Lipinski definition) is 0. The Morgan fingerprint density at radius 3 is 0.962 bits per heavy atom. The van der Waals surface area contributed by atoms with Gasteiger partial charge in [-0.2, -0.15) is 10.2 Å². The maximum absolute atomic E-state index is 4.19. The van der Waals surface area contributed by atoms with E-state index < -0.39 is 0 Å². The van der Waals surface area contributed by atoms with Crippen molar-refractivity contribution in [2.45, 2.75) is 129 Å². The molecule has 0 aromatic carbocycles. The van der Waals surface area contributed by atoms with Gasteiger partial charge in [0.05, 0.1) is 5.69 Å². The van der Waals surface area contributed by atoms with Gasteiger partial charge in [-0.15, -0.1) is 0 Å². The molecule has 0 bridgehead atoms. The highest BCUT2D eigenvalue weighted by Crippen LogP contribution is 2.18. The Labute approximate surface area is 318 Å². The summed E-state index contributed by atoms with van der Waals surface area (Å²) >= 11 is 0. The molecule has 0 spiro atoms. The lowest BCUT2D eigenvalue weighted by atomic mass is 9.92. The van der Waals surface area contributed by atoms with Gasteiger partial charge in [0.2, 0.25) is 0 Å². The molecule has 0 unspecified atom stereocenters. The monoisotopic (exact) mass is 714 g/mol. The molecular weight excluding hydrogens is 643 g/mol. The lowest BCUT2D eigenvalue weighted by Gasteiger charge is -2.16. The summed E-state index contributed by atoms with van der Waals surface area (Å²) in [5, 5.41) is 7.07. The van der Waals surface area contributed by atoms with Crippen LogP contribution >= 0.6 is 0 Å². The van der Waals surface area contributed by atoms with Crippen LogP contribution in [0.5, 0.6) is 0 Å². The maximum Gasteiger partial charge on any atom is 0.115 e. The first-order chi connectivity index (χ1) is 23.9. The summed E-state index contributed by atoms with van der Waals surface area (Å²) in [6.45, 7) is 36.8. The van der Waals surface area contributed by atoms with Crippen molar-refractivity contribution in [2.75, 3.05) is 0 Å².